The molecular weight excluding hydrogens is 480 g/mol. The zero-order valence-electron chi connectivity index (χ0n) is 23.7. The van der Waals surface area contributed by atoms with Gasteiger partial charge in [0.2, 0.25) is 10.0 Å². The lowest BCUT2D eigenvalue weighted by atomic mass is 10.1. The standard InChI is InChI=1S/C20H28N2O4S.C4H10.C2H6.CH4O2/c1-6-22(10-9-21(4)5)27(24,25)20-14-17(23)7-8-19(20)26-18-12-15(2)11-16(3)13-18;1-4(2)3;1-2;2-1-3/h7-8,11-14,23H,6,9-10H2,1-5H3;4H,1-3H3;1-2H3;2-3H,1H2. The molecule has 0 aromatic heterocycles. The minimum absolute atomic E-state index is 0.0396. The number of hydrogen-bond donors (Lipinski definition) is 3. The first kappa shape index (κ1) is 36.0. The first-order chi connectivity index (χ1) is 16.8. The van der Waals surface area contributed by atoms with Crippen molar-refractivity contribution in [1.29, 1.82) is 0 Å². The molecular formula is C27H48N2O6S. The van der Waals surface area contributed by atoms with Gasteiger partial charge in [-0.3, -0.25) is 0 Å². The van der Waals surface area contributed by atoms with Crippen LogP contribution in [0.5, 0.6) is 17.2 Å². The van der Waals surface area contributed by atoms with Crippen molar-refractivity contribution in [3.63, 3.8) is 0 Å². The van der Waals surface area contributed by atoms with Crippen LogP contribution in [0, 0.1) is 19.8 Å². The zero-order valence-corrected chi connectivity index (χ0v) is 24.6. The van der Waals surface area contributed by atoms with E-state index in [1.165, 1.54) is 22.5 Å². The number of aliphatic hydroxyl groups excluding tert-OH is 1. The SMILES string of the molecule is CC.CC(C)C.CCN(CCN(C)C)S(=O)(=O)c1cc(O)ccc1Oc1cc(C)cc(C)c1.OCO. The fourth-order valence-electron chi connectivity index (χ4n) is 2.80. The van der Waals surface area contributed by atoms with Gasteiger partial charge in [0, 0.05) is 25.7 Å². The number of aryl methyl sites for hydroxylation is 2. The van der Waals surface area contributed by atoms with E-state index in [0.29, 0.717) is 25.4 Å². The van der Waals surface area contributed by atoms with Crippen LogP contribution < -0.4 is 4.74 Å². The predicted octanol–water partition coefficient (Wildman–Crippen LogP) is 4.99. The van der Waals surface area contributed by atoms with Crippen LogP contribution in [-0.2, 0) is 10.0 Å². The smallest absolute Gasteiger partial charge is 0.246 e. The van der Waals surface area contributed by atoms with Gasteiger partial charge in [0.15, 0.2) is 0 Å². The molecule has 0 aliphatic carbocycles. The third kappa shape index (κ3) is 14.4. The maximum atomic E-state index is 13.2. The van der Waals surface area contributed by atoms with Gasteiger partial charge in [-0.1, -0.05) is 47.6 Å². The number of aromatic hydroxyl groups is 1. The number of likely N-dealkylation sites (N-methyl/N-ethyl adjacent to an activating group) is 2. The summed E-state index contributed by atoms with van der Waals surface area (Å²) in [6.45, 7) is 16.7. The number of phenolic OH excluding ortho intramolecular Hbond substituents is 1. The Morgan fingerprint density at radius 1 is 0.917 bits per heavy atom. The summed E-state index contributed by atoms with van der Waals surface area (Å²) in [5.74, 6) is 1.47. The Labute approximate surface area is 219 Å². The summed E-state index contributed by atoms with van der Waals surface area (Å²) in [7, 11) is -0.0341. The molecule has 2 rings (SSSR count). The Morgan fingerprint density at radius 3 is 1.81 bits per heavy atom. The molecule has 0 heterocycles. The van der Waals surface area contributed by atoms with Gasteiger partial charge in [-0.25, -0.2) is 8.42 Å². The Bertz CT molecular complexity index is 940. The molecule has 0 spiro atoms. The number of nitrogens with zero attached hydrogens (tertiary/aromatic N) is 2. The number of rotatable bonds is 8. The van der Waals surface area contributed by atoms with Gasteiger partial charge in [0.05, 0.1) is 0 Å². The predicted molar refractivity (Wildman–Crippen MR) is 148 cm³/mol. The number of benzene rings is 2. The second kappa shape index (κ2) is 19.0. The number of ether oxygens (including phenoxy) is 1. The van der Waals surface area contributed by atoms with Gasteiger partial charge in [0.25, 0.3) is 0 Å². The van der Waals surface area contributed by atoms with Gasteiger partial charge in [-0.2, -0.15) is 4.31 Å². The number of aliphatic hydroxyl groups is 2. The van der Waals surface area contributed by atoms with Crippen molar-refractivity contribution in [2.24, 2.45) is 5.92 Å². The summed E-state index contributed by atoms with van der Waals surface area (Å²) in [6.07, 6.45) is 0. The molecule has 208 valence electrons. The maximum Gasteiger partial charge on any atom is 0.246 e. The first-order valence-electron chi connectivity index (χ1n) is 12.2. The molecule has 9 heteroatoms. The lowest BCUT2D eigenvalue weighted by Crippen LogP contribution is -2.36. The molecule has 8 nitrogen and oxygen atoms in total. The summed E-state index contributed by atoms with van der Waals surface area (Å²) in [5.41, 5.74) is 2.05. The van der Waals surface area contributed by atoms with Crippen LogP contribution in [0.3, 0.4) is 0 Å². The fraction of sp³-hybridized carbons (Fsp3) is 0.556. The maximum absolute atomic E-state index is 13.2. The molecule has 2 aromatic rings. The Kier molecular flexibility index (Phi) is 19.0. The molecule has 0 saturated heterocycles. The molecule has 0 fully saturated rings. The van der Waals surface area contributed by atoms with Gasteiger partial charge >= 0.3 is 0 Å². The number of hydrogen-bond acceptors (Lipinski definition) is 7. The summed E-state index contributed by atoms with van der Waals surface area (Å²) >= 11 is 0. The highest BCUT2D eigenvalue weighted by molar-refractivity contribution is 7.89. The van der Waals surface area contributed by atoms with Crippen LogP contribution in [0.4, 0.5) is 0 Å². The van der Waals surface area contributed by atoms with E-state index in [4.69, 9.17) is 14.9 Å². The molecule has 0 amide bonds. The highest BCUT2D eigenvalue weighted by Gasteiger charge is 2.27. The summed E-state index contributed by atoms with van der Waals surface area (Å²) in [6, 6.07) is 9.86. The van der Waals surface area contributed by atoms with Crippen LogP contribution >= 0.6 is 0 Å². The Morgan fingerprint density at radius 2 is 1.39 bits per heavy atom. The van der Waals surface area contributed by atoms with Crippen molar-refractivity contribution in [1.82, 2.24) is 9.21 Å². The van der Waals surface area contributed by atoms with E-state index >= 15 is 0 Å². The van der Waals surface area contributed by atoms with E-state index in [2.05, 4.69) is 20.8 Å². The van der Waals surface area contributed by atoms with Crippen LogP contribution in [0.1, 0.15) is 52.7 Å². The highest BCUT2D eigenvalue weighted by Crippen LogP contribution is 2.34. The lowest BCUT2D eigenvalue weighted by molar-refractivity contribution is 0.0773. The minimum atomic E-state index is -3.82. The summed E-state index contributed by atoms with van der Waals surface area (Å²) < 4.78 is 33.7. The van der Waals surface area contributed by atoms with Crippen molar-refractivity contribution >= 4 is 10.0 Å². The third-order valence-electron chi connectivity index (χ3n) is 4.12. The Balaban J connectivity index is 0. The second-order valence-electron chi connectivity index (χ2n) is 8.73. The average Bonchev–Trinajstić information content (AvgIpc) is 2.76. The number of phenols is 1. The molecule has 0 bridgehead atoms. The molecule has 0 unspecified atom stereocenters. The monoisotopic (exact) mass is 528 g/mol. The van der Waals surface area contributed by atoms with E-state index in [0.717, 1.165) is 17.0 Å². The van der Waals surface area contributed by atoms with E-state index in [1.54, 1.807) is 6.92 Å². The van der Waals surface area contributed by atoms with Crippen molar-refractivity contribution in [3.05, 3.63) is 47.5 Å². The van der Waals surface area contributed by atoms with Gasteiger partial charge in [-0.05, 0) is 69.3 Å². The number of sulfonamides is 1. The molecule has 0 aliphatic rings. The van der Waals surface area contributed by atoms with E-state index in [1.807, 2.05) is 64.9 Å². The fourth-order valence-corrected chi connectivity index (χ4v) is 4.37. The van der Waals surface area contributed by atoms with Crippen molar-refractivity contribution in [2.75, 3.05) is 40.5 Å². The van der Waals surface area contributed by atoms with Crippen LogP contribution in [-0.4, -0.2) is 73.5 Å². The lowest BCUT2D eigenvalue weighted by Gasteiger charge is -2.23. The molecule has 36 heavy (non-hydrogen) atoms. The average molecular weight is 529 g/mol. The van der Waals surface area contributed by atoms with Crippen molar-refractivity contribution in [3.8, 4) is 17.2 Å². The highest BCUT2D eigenvalue weighted by atomic mass is 32.2. The van der Waals surface area contributed by atoms with E-state index in [9.17, 15) is 13.5 Å². The zero-order chi connectivity index (χ0) is 28.5. The Hall–Kier alpha value is -2.17. The quantitative estimate of drug-likeness (QED) is 0.414. The van der Waals surface area contributed by atoms with Crippen LogP contribution in [0.25, 0.3) is 0 Å². The molecule has 0 radical (unpaired) electrons. The molecule has 3 N–H and O–H groups in total. The summed E-state index contributed by atoms with van der Waals surface area (Å²) in [4.78, 5) is 1.88. The minimum Gasteiger partial charge on any atom is -0.508 e. The summed E-state index contributed by atoms with van der Waals surface area (Å²) in [5, 5.41) is 24.1. The molecule has 2 aromatic carbocycles. The van der Waals surface area contributed by atoms with Crippen LogP contribution in [0.2, 0.25) is 0 Å². The third-order valence-corrected chi connectivity index (χ3v) is 6.11. The first-order valence-corrected chi connectivity index (χ1v) is 13.7. The van der Waals surface area contributed by atoms with E-state index in [-0.39, 0.29) is 16.4 Å². The largest absolute Gasteiger partial charge is 0.508 e. The topological polar surface area (TPSA) is 111 Å². The van der Waals surface area contributed by atoms with Gasteiger partial charge in [-0.15, -0.1) is 0 Å². The van der Waals surface area contributed by atoms with Gasteiger partial charge < -0.3 is 25.0 Å². The van der Waals surface area contributed by atoms with Gasteiger partial charge in [0.1, 0.15) is 28.9 Å². The van der Waals surface area contributed by atoms with Crippen LogP contribution in [0.15, 0.2) is 41.3 Å². The van der Waals surface area contributed by atoms with Crippen molar-refractivity contribution in [2.45, 2.75) is 60.3 Å². The molecule has 0 aliphatic heterocycles. The normalized spacial score (nSPS) is 10.6. The van der Waals surface area contributed by atoms with E-state index < -0.39 is 16.8 Å². The second-order valence-corrected chi connectivity index (χ2v) is 10.6. The molecule has 0 saturated carbocycles. The van der Waals surface area contributed by atoms with Crippen molar-refractivity contribution < 1.29 is 28.5 Å². The molecule has 0 atom stereocenters.